The van der Waals surface area contributed by atoms with E-state index in [0.717, 1.165) is 43.6 Å². The third kappa shape index (κ3) is 4.50. The number of rotatable bonds is 6. The molecule has 0 spiro atoms. The number of piperazine rings is 1. The van der Waals surface area contributed by atoms with Crippen molar-refractivity contribution in [2.45, 2.75) is 25.4 Å². The van der Waals surface area contributed by atoms with Gasteiger partial charge in [0.25, 0.3) is 0 Å². The smallest absolute Gasteiger partial charge is 0.0558 e. The van der Waals surface area contributed by atoms with Crippen LogP contribution in [0.1, 0.15) is 24.9 Å². The van der Waals surface area contributed by atoms with E-state index < -0.39 is 0 Å². The summed E-state index contributed by atoms with van der Waals surface area (Å²) in [6.07, 6.45) is 0.970. The Hall–Kier alpha value is -0.460. The maximum Gasteiger partial charge on any atom is 0.0558 e. The molecule has 2 rings (SSSR count). The van der Waals surface area contributed by atoms with E-state index in [4.69, 9.17) is 10.8 Å². The zero-order valence-electron chi connectivity index (χ0n) is 12.7. The van der Waals surface area contributed by atoms with E-state index in [1.165, 1.54) is 5.56 Å². The second kappa shape index (κ2) is 8.25. The number of aliphatic hydroxyl groups excluding tert-OH is 1. The van der Waals surface area contributed by atoms with Crippen LogP contribution in [0.15, 0.2) is 28.7 Å². The Balaban J connectivity index is 2.09. The summed E-state index contributed by atoms with van der Waals surface area (Å²) < 4.78 is 1.10. The molecule has 1 aliphatic rings. The first-order valence-corrected chi connectivity index (χ1v) is 8.53. The molecule has 1 heterocycles. The summed E-state index contributed by atoms with van der Waals surface area (Å²) >= 11 is 3.49. The Bertz CT molecular complexity index is 418. The van der Waals surface area contributed by atoms with Crippen LogP contribution in [0.25, 0.3) is 0 Å². The van der Waals surface area contributed by atoms with Gasteiger partial charge in [0, 0.05) is 49.3 Å². The quantitative estimate of drug-likeness (QED) is 0.817. The fraction of sp³-hybridized carbons (Fsp3) is 0.625. The molecular weight excluding hydrogens is 330 g/mol. The molecule has 2 atom stereocenters. The van der Waals surface area contributed by atoms with Crippen molar-refractivity contribution in [3.63, 3.8) is 0 Å². The Morgan fingerprint density at radius 1 is 1.19 bits per heavy atom. The highest BCUT2D eigenvalue weighted by molar-refractivity contribution is 9.10. The zero-order chi connectivity index (χ0) is 15.2. The van der Waals surface area contributed by atoms with Gasteiger partial charge in [0.1, 0.15) is 0 Å². The van der Waals surface area contributed by atoms with Crippen LogP contribution in [-0.4, -0.2) is 60.3 Å². The van der Waals surface area contributed by atoms with Gasteiger partial charge < -0.3 is 10.8 Å². The molecule has 118 valence electrons. The molecule has 0 aromatic heterocycles. The van der Waals surface area contributed by atoms with Crippen molar-refractivity contribution in [3.05, 3.63) is 34.3 Å². The van der Waals surface area contributed by atoms with E-state index in [1.54, 1.807) is 0 Å². The van der Waals surface area contributed by atoms with E-state index >= 15 is 0 Å². The van der Waals surface area contributed by atoms with E-state index in [0.29, 0.717) is 0 Å². The fourth-order valence-electron chi connectivity index (χ4n) is 3.02. The lowest BCUT2D eigenvalue weighted by molar-refractivity contribution is 0.0734. The molecule has 1 fully saturated rings. The molecule has 0 bridgehead atoms. The highest BCUT2D eigenvalue weighted by Gasteiger charge is 2.28. The van der Waals surface area contributed by atoms with Gasteiger partial charge in [-0.2, -0.15) is 0 Å². The SMILES string of the molecule is CCC(N)C(c1ccc(Br)cc1)N1CCN(CCO)CC1. The molecule has 0 aliphatic carbocycles. The number of β-amino-alcohol motifs (C(OH)–C–C–N with tert-alkyl or cyclic N) is 1. The van der Waals surface area contributed by atoms with Crippen molar-refractivity contribution in [3.8, 4) is 0 Å². The van der Waals surface area contributed by atoms with Gasteiger partial charge in [-0.05, 0) is 24.1 Å². The molecule has 1 aromatic carbocycles. The summed E-state index contributed by atoms with van der Waals surface area (Å²) in [5, 5.41) is 9.04. The van der Waals surface area contributed by atoms with Gasteiger partial charge in [0.2, 0.25) is 0 Å². The summed E-state index contributed by atoms with van der Waals surface area (Å²) in [5.41, 5.74) is 7.70. The molecule has 1 saturated heterocycles. The average Bonchev–Trinajstić information content (AvgIpc) is 2.51. The summed E-state index contributed by atoms with van der Waals surface area (Å²) in [5.74, 6) is 0. The fourth-order valence-corrected chi connectivity index (χ4v) is 3.28. The van der Waals surface area contributed by atoms with Crippen LogP contribution in [0, 0.1) is 0 Å². The van der Waals surface area contributed by atoms with Crippen LogP contribution in [0.5, 0.6) is 0 Å². The largest absolute Gasteiger partial charge is 0.395 e. The van der Waals surface area contributed by atoms with Gasteiger partial charge in [0.05, 0.1) is 6.61 Å². The van der Waals surface area contributed by atoms with Crippen LogP contribution >= 0.6 is 15.9 Å². The van der Waals surface area contributed by atoms with Crippen molar-refractivity contribution in [2.24, 2.45) is 5.73 Å². The number of nitrogens with zero attached hydrogens (tertiary/aromatic N) is 2. The molecular formula is C16H26BrN3O. The maximum absolute atomic E-state index is 9.04. The lowest BCUT2D eigenvalue weighted by Crippen LogP contribution is -2.51. The molecule has 5 heteroatoms. The molecule has 3 N–H and O–H groups in total. The van der Waals surface area contributed by atoms with Crippen molar-refractivity contribution in [2.75, 3.05) is 39.3 Å². The molecule has 1 aromatic rings. The molecule has 21 heavy (non-hydrogen) atoms. The van der Waals surface area contributed by atoms with Crippen LogP contribution in [0.2, 0.25) is 0 Å². The predicted octanol–water partition coefficient (Wildman–Crippen LogP) is 1.84. The number of hydrogen-bond acceptors (Lipinski definition) is 4. The maximum atomic E-state index is 9.04. The summed E-state index contributed by atoms with van der Waals surface area (Å²) in [6, 6.07) is 8.95. The Kier molecular flexibility index (Phi) is 6.64. The predicted molar refractivity (Wildman–Crippen MR) is 90.2 cm³/mol. The Morgan fingerprint density at radius 3 is 2.33 bits per heavy atom. The lowest BCUT2D eigenvalue weighted by Gasteiger charge is -2.41. The first kappa shape index (κ1) is 16.9. The standard InChI is InChI=1S/C16H26BrN3O/c1-2-15(18)16(13-3-5-14(17)6-4-13)20-9-7-19(8-10-20)11-12-21/h3-6,15-16,21H,2,7-12,18H2,1H3. The van der Waals surface area contributed by atoms with Gasteiger partial charge >= 0.3 is 0 Å². The van der Waals surface area contributed by atoms with Crippen molar-refractivity contribution >= 4 is 15.9 Å². The highest BCUT2D eigenvalue weighted by atomic mass is 79.9. The Morgan fingerprint density at radius 2 is 1.81 bits per heavy atom. The number of hydrogen-bond donors (Lipinski definition) is 2. The monoisotopic (exact) mass is 355 g/mol. The number of benzene rings is 1. The van der Waals surface area contributed by atoms with Crippen LogP contribution in [0.4, 0.5) is 0 Å². The van der Waals surface area contributed by atoms with E-state index in [1.807, 2.05) is 0 Å². The average molecular weight is 356 g/mol. The van der Waals surface area contributed by atoms with Crippen molar-refractivity contribution in [1.29, 1.82) is 0 Å². The summed E-state index contributed by atoms with van der Waals surface area (Å²) in [6.45, 7) is 7.19. The van der Waals surface area contributed by atoms with Gasteiger partial charge in [-0.3, -0.25) is 9.80 Å². The minimum Gasteiger partial charge on any atom is -0.395 e. The molecule has 1 aliphatic heterocycles. The zero-order valence-corrected chi connectivity index (χ0v) is 14.3. The number of aliphatic hydroxyl groups is 1. The first-order valence-electron chi connectivity index (χ1n) is 7.74. The molecule has 4 nitrogen and oxygen atoms in total. The molecule has 0 saturated carbocycles. The normalized spacial score (nSPS) is 20.4. The minimum absolute atomic E-state index is 0.149. The van der Waals surface area contributed by atoms with Crippen LogP contribution < -0.4 is 5.73 Å². The van der Waals surface area contributed by atoms with Crippen molar-refractivity contribution < 1.29 is 5.11 Å². The molecule has 0 amide bonds. The highest BCUT2D eigenvalue weighted by Crippen LogP contribution is 2.27. The van der Waals surface area contributed by atoms with Crippen LogP contribution in [0.3, 0.4) is 0 Å². The number of halogens is 1. The third-order valence-electron chi connectivity index (χ3n) is 4.30. The van der Waals surface area contributed by atoms with Gasteiger partial charge in [0.15, 0.2) is 0 Å². The molecule has 2 unspecified atom stereocenters. The van der Waals surface area contributed by atoms with E-state index in [-0.39, 0.29) is 18.7 Å². The summed E-state index contributed by atoms with van der Waals surface area (Å²) in [7, 11) is 0. The number of nitrogens with two attached hydrogens (primary N) is 1. The van der Waals surface area contributed by atoms with Gasteiger partial charge in [-0.1, -0.05) is 35.0 Å². The van der Waals surface area contributed by atoms with E-state index in [2.05, 4.69) is 56.9 Å². The lowest BCUT2D eigenvalue weighted by atomic mass is 9.95. The second-order valence-electron chi connectivity index (χ2n) is 5.67. The van der Waals surface area contributed by atoms with E-state index in [9.17, 15) is 0 Å². The Labute approximate surface area is 136 Å². The van der Waals surface area contributed by atoms with Crippen LogP contribution in [-0.2, 0) is 0 Å². The van der Waals surface area contributed by atoms with Gasteiger partial charge in [-0.25, -0.2) is 0 Å². The molecule has 0 radical (unpaired) electrons. The topological polar surface area (TPSA) is 52.7 Å². The minimum atomic E-state index is 0.149. The summed E-state index contributed by atoms with van der Waals surface area (Å²) in [4.78, 5) is 4.80. The second-order valence-corrected chi connectivity index (χ2v) is 6.59. The van der Waals surface area contributed by atoms with Crippen molar-refractivity contribution in [1.82, 2.24) is 9.80 Å². The first-order chi connectivity index (χ1) is 10.2. The third-order valence-corrected chi connectivity index (χ3v) is 4.83. The van der Waals surface area contributed by atoms with Gasteiger partial charge in [-0.15, -0.1) is 0 Å².